The van der Waals surface area contributed by atoms with Crippen LogP contribution >= 0.6 is 0 Å². The Kier molecular flexibility index (Phi) is 4.16. The van der Waals surface area contributed by atoms with Crippen molar-refractivity contribution in [2.75, 3.05) is 19.7 Å². The fourth-order valence-corrected chi connectivity index (χ4v) is 1.50. The van der Waals surface area contributed by atoms with E-state index < -0.39 is 5.60 Å². The summed E-state index contributed by atoms with van der Waals surface area (Å²) in [4.78, 5) is 0. The zero-order valence-electron chi connectivity index (χ0n) is 8.68. The molecule has 0 aromatic heterocycles. The first-order valence-corrected chi connectivity index (χ1v) is 5.25. The van der Waals surface area contributed by atoms with Gasteiger partial charge in [0.2, 0.25) is 0 Å². The van der Waals surface area contributed by atoms with E-state index in [9.17, 15) is 5.11 Å². The van der Waals surface area contributed by atoms with Crippen LogP contribution < -0.4 is 5.32 Å². The summed E-state index contributed by atoms with van der Waals surface area (Å²) in [6, 6.07) is 0. The third-order valence-corrected chi connectivity index (χ3v) is 2.92. The van der Waals surface area contributed by atoms with Crippen LogP contribution in [0, 0.1) is 0 Å². The van der Waals surface area contributed by atoms with E-state index in [1.165, 1.54) is 0 Å². The average molecular weight is 187 g/mol. The van der Waals surface area contributed by atoms with Crippen LogP contribution in [0.25, 0.3) is 0 Å². The van der Waals surface area contributed by atoms with E-state index >= 15 is 0 Å². The molecule has 2 N–H and O–H groups in total. The maximum absolute atomic E-state index is 9.94. The van der Waals surface area contributed by atoms with Gasteiger partial charge in [0.05, 0.1) is 18.3 Å². The Morgan fingerprint density at radius 1 is 1.46 bits per heavy atom. The number of aliphatic hydroxyl groups is 1. The molecular weight excluding hydrogens is 166 g/mol. The normalized spacial score (nSPS) is 23.8. The second kappa shape index (κ2) is 4.94. The highest BCUT2D eigenvalue weighted by atomic mass is 16.5. The lowest BCUT2D eigenvalue weighted by molar-refractivity contribution is -0.0720. The molecule has 0 spiro atoms. The number of hydrogen-bond donors (Lipinski definition) is 2. The summed E-state index contributed by atoms with van der Waals surface area (Å²) in [5.41, 5.74) is -0.609. The van der Waals surface area contributed by atoms with Gasteiger partial charge in [0.15, 0.2) is 0 Å². The van der Waals surface area contributed by atoms with Crippen molar-refractivity contribution in [2.45, 2.75) is 44.8 Å². The lowest BCUT2D eigenvalue weighted by Gasteiger charge is -2.26. The average Bonchev–Trinajstić information content (AvgIpc) is 2.67. The van der Waals surface area contributed by atoms with Gasteiger partial charge in [-0.3, -0.25) is 0 Å². The molecule has 78 valence electrons. The highest BCUT2D eigenvalue weighted by Gasteiger charge is 2.25. The number of rotatable bonds is 5. The Morgan fingerprint density at radius 2 is 2.15 bits per heavy atom. The second-order valence-corrected chi connectivity index (χ2v) is 3.86. The van der Waals surface area contributed by atoms with Gasteiger partial charge < -0.3 is 15.2 Å². The van der Waals surface area contributed by atoms with Crippen molar-refractivity contribution < 1.29 is 9.84 Å². The van der Waals surface area contributed by atoms with Crippen LogP contribution in [-0.2, 0) is 4.74 Å². The van der Waals surface area contributed by atoms with Crippen LogP contribution in [0.3, 0.4) is 0 Å². The molecule has 3 nitrogen and oxygen atoms in total. The molecule has 1 fully saturated rings. The van der Waals surface area contributed by atoms with Crippen molar-refractivity contribution in [3.63, 3.8) is 0 Å². The van der Waals surface area contributed by atoms with Gasteiger partial charge in [-0.05, 0) is 25.8 Å². The molecule has 0 aromatic rings. The minimum absolute atomic E-state index is 0.310. The molecule has 1 atom stereocenters. The van der Waals surface area contributed by atoms with Crippen molar-refractivity contribution in [1.82, 2.24) is 5.32 Å². The number of ether oxygens (including phenoxy) is 1. The molecule has 1 heterocycles. The van der Waals surface area contributed by atoms with Gasteiger partial charge in [-0.15, -0.1) is 0 Å². The molecule has 0 aromatic carbocycles. The van der Waals surface area contributed by atoms with E-state index in [4.69, 9.17) is 4.74 Å². The first kappa shape index (κ1) is 11.0. The van der Waals surface area contributed by atoms with Crippen molar-refractivity contribution in [3.05, 3.63) is 0 Å². The first-order valence-electron chi connectivity index (χ1n) is 5.25. The summed E-state index contributed by atoms with van der Waals surface area (Å²) in [7, 11) is 0. The van der Waals surface area contributed by atoms with E-state index in [0.717, 1.165) is 32.4 Å². The summed E-state index contributed by atoms with van der Waals surface area (Å²) in [5.74, 6) is 0. The first-order chi connectivity index (χ1) is 6.20. The molecular formula is C10H21NO2. The van der Waals surface area contributed by atoms with E-state index in [-0.39, 0.29) is 0 Å². The van der Waals surface area contributed by atoms with Gasteiger partial charge in [-0.1, -0.05) is 13.8 Å². The van der Waals surface area contributed by atoms with E-state index in [0.29, 0.717) is 12.7 Å². The monoisotopic (exact) mass is 187 g/mol. The Morgan fingerprint density at radius 3 is 2.62 bits per heavy atom. The highest BCUT2D eigenvalue weighted by Crippen LogP contribution is 2.16. The van der Waals surface area contributed by atoms with E-state index in [1.807, 2.05) is 13.8 Å². The Labute approximate surface area is 80.5 Å². The Bertz CT molecular complexity index is 140. The zero-order valence-corrected chi connectivity index (χ0v) is 8.68. The Balaban J connectivity index is 2.22. The maximum Gasteiger partial charge on any atom is 0.0875 e. The lowest BCUT2D eigenvalue weighted by Crippen LogP contribution is -2.35. The third kappa shape index (κ3) is 3.25. The lowest BCUT2D eigenvalue weighted by atomic mass is 9.99. The number of nitrogens with one attached hydrogen (secondary N) is 1. The Hall–Kier alpha value is -0.120. The van der Waals surface area contributed by atoms with Crippen molar-refractivity contribution in [2.24, 2.45) is 0 Å². The predicted molar refractivity (Wildman–Crippen MR) is 52.8 cm³/mol. The molecule has 0 saturated carbocycles. The van der Waals surface area contributed by atoms with Gasteiger partial charge in [-0.25, -0.2) is 0 Å². The maximum atomic E-state index is 9.94. The molecule has 1 saturated heterocycles. The van der Waals surface area contributed by atoms with Gasteiger partial charge >= 0.3 is 0 Å². The molecule has 1 aliphatic rings. The minimum atomic E-state index is -0.609. The SMILES string of the molecule is CCC(O)(CC)COC1CCNC1. The van der Waals surface area contributed by atoms with Crippen LogP contribution in [0.5, 0.6) is 0 Å². The molecule has 0 amide bonds. The number of hydrogen-bond acceptors (Lipinski definition) is 3. The van der Waals surface area contributed by atoms with Crippen LogP contribution in [-0.4, -0.2) is 36.5 Å². The molecule has 0 radical (unpaired) electrons. The van der Waals surface area contributed by atoms with Gasteiger partial charge in [0, 0.05) is 6.54 Å². The molecule has 1 aliphatic heterocycles. The standard InChI is InChI=1S/C10H21NO2/c1-3-10(12,4-2)8-13-9-5-6-11-7-9/h9,11-12H,3-8H2,1-2H3. The van der Waals surface area contributed by atoms with Crippen LogP contribution in [0.1, 0.15) is 33.1 Å². The van der Waals surface area contributed by atoms with Gasteiger partial charge in [0.25, 0.3) is 0 Å². The molecule has 1 unspecified atom stereocenters. The van der Waals surface area contributed by atoms with Crippen LogP contribution in [0.15, 0.2) is 0 Å². The molecule has 0 aliphatic carbocycles. The van der Waals surface area contributed by atoms with E-state index in [1.54, 1.807) is 0 Å². The van der Waals surface area contributed by atoms with Crippen LogP contribution in [0.2, 0.25) is 0 Å². The third-order valence-electron chi connectivity index (χ3n) is 2.92. The van der Waals surface area contributed by atoms with Crippen molar-refractivity contribution in [3.8, 4) is 0 Å². The summed E-state index contributed by atoms with van der Waals surface area (Å²) >= 11 is 0. The fourth-order valence-electron chi connectivity index (χ4n) is 1.50. The quantitative estimate of drug-likeness (QED) is 0.672. The molecule has 1 rings (SSSR count). The topological polar surface area (TPSA) is 41.5 Å². The predicted octanol–water partition coefficient (Wildman–Crippen LogP) is 0.916. The molecule has 0 bridgehead atoms. The van der Waals surface area contributed by atoms with Crippen LogP contribution in [0.4, 0.5) is 0 Å². The summed E-state index contributed by atoms with van der Waals surface area (Å²) in [5, 5.41) is 13.2. The second-order valence-electron chi connectivity index (χ2n) is 3.86. The minimum Gasteiger partial charge on any atom is -0.388 e. The highest BCUT2D eigenvalue weighted by molar-refractivity contribution is 4.77. The van der Waals surface area contributed by atoms with Crippen molar-refractivity contribution >= 4 is 0 Å². The van der Waals surface area contributed by atoms with Gasteiger partial charge in [-0.2, -0.15) is 0 Å². The zero-order chi connectivity index (χ0) is 9.73. The molecule has 13 heavy (non-hydrogen) atoms. The largest absolute Gasteiger partial charge is 0.388 e. The summed E-state index contributed by atoms with van der Waals surface area (Å²) in [6.07, 6.45) is 2.92. The summed E-state index contributed by atoms with van der Waals surface area (Å²) < 4.78 is 5.64. The van der Waals surface area contributed by atoms with E-state index in [2.05, 4.69) is 5.32 Å². The van der Waals surface area contributed by atoms with Crippen molar-refractivity contribution in [1.29, 1.82) is 0 Å². The fraction of sp³-hybridized carbons (Fsp3) is 1.00. The smallest absolute Gasteiger partial charge is 0.0875 e. The van der Waals surface area contributed by atoms with Gasteiger partial charge in [0.1, 0.15) is 0 Å². The molecule has 3 heteroatoms. The summed E-state index contributed by atoms with van der Waals surface area (Å²) in [6.45, 7) is 6.46.